The van der Waals surface area contributed by atoms with Crippen molar-refractivity contribution in [1.29, 1.82) is 0 Å². The Bertz CT molecular complexity index is 2070. The second kappa shape index (κ2) is 11.3. The van der Waals surface area contributed by atoms with Crippen LogP contribution in [0.3, 0.4) is 0 Å². The molecule has 0 unspecified atom stereocenters. The Labute approximate surface area is 252 Å². The van der Waals surface area contributed by atoms with E-state index < -0.39 is 21.1 Å². The van der Waals surface area contributed by atoms with Crippen molar-refractivity contribution in [3.63, 3.8) is 0 Å². The molecule has 44 heavy (non-hydrogen) atoms. The molecule has 2 aliphatic carbocycles. The van der Waals surface area contributed by atoms with Gasteiger partial charge in [-0.05, 0) is 49.4 Å². The minimum absolute atomic E-state index is 0.0203. The Kier molecular flexibility index (Phi) is 7.46. The minimum atomic E-state index is -3.98. The minimum Gasteiger partial charge on any atom is -0.326 e. The lowest BCUT2D eigenvalue weighted by molar-refractivity contribution is -0.118. The number of benzene rings is 2. The zero-order valence-electron chi connectivity index (χ0n) is 24.2. The molecule has 6 rings (SSSR count). The average Bonchev–Trinajstić information content (AvgIpc) is 3.90. The standard InChI is InChI=1S/C31H30N6O6S/c1-35-25-26(34-30(35)44(42,43)18-19-7-4-3-5-8-19)37(31(41)36(2)29(25)40)14-6-9-20-15-23(32-27(38)21-10-11-21)17-24(16-20)33-28(39)22-12-13-22/h3-5,7-8,15-17,21-22H,10-14,18H2,1-2H3,(H,32,38)(H,33,39). The van der Waals surface area contributed by atoms with Crippen LogP contribution < -0.4 is 21.9 Å². The van der Waals surface area contributed by atoms with Gasteiger partial charge in [0, 0.05) is 42.9 Å². The first-order chi connectivity index (χ1) is 21.0. The highest BCUT2D eigenvalue weighted by Crippen LogP contribution is 2.32. The van der Waals surface area contributed by atoms with Gasteiger partial charge < -0.3 is 15.2 Å². The molecular weight excluding hydrogens is 584 g/mol. The molecule has 226 valence electrons. The van der Waals surface area contributed by atoms with Gasteiger partial charge in [-0.15, -0.1) is 0 Å². The highest BCUT2D eigenvalue weighted by Gasteiger charge is 2.31. The van der Waals surface area contributed by atoms with Crippen molar-refractivity contribution in [3.05, 3.63) is 80.5 Å². The molecule has 12 nitrogen and oxygen atoms in total. The molecule has 0 spiro atoms. The Morgan fingerprint density at radius 2 is 1.50 bits per heavy atom. The van der Waals surface area contributed by atoms with E-state index in [1.807, 2.05) is 0 Å². The van der Waals surface area contributed by atoms with E-state index in [9.17, 15) is 27.6 Å². The number of amides is 2. The molecule has 2 amide bonds. The van der Waals surface area contributed by atoms with Crippen molar-refractivity contribution in [1.82, 2.24) is 18.7 Å². The molecule has 4 aromatic rings. The van der Waals surface area contributed by atoms with E-state index in [4.69, 9.17) is 0 Å². The summed E-state index contributed by atoms with van der Waals surface area (Å²) < 4.78 is 29.9. The van der Waals surface area contributed by atoms with E-state index in [0.29, 0.717) is 22.5 Å². The molecule has 0 atom stereocenters. The first-order valence-electron chi connectivity index (χ1n) is 14.2. The molecule has 0 aliphatic heterocycles. The SMILES string of the molecule is Cn1c(=O)c2c(nc(S(=O)(=O)Cc3ccccc3)n2C)n(CC#Cc2cc(NC(=O)C3CC3)cc(NC(=O)C3CC3)c2)c1=O. The van der Waals surface area contributed by atoms with Crippen molar-refractivity contribution < 1.29 is 18.0 Å². The van der Waals surface area contributed by atoms with E-state index in [-0.39, 0.29) is 52.3 Å². The van der Waals surface area contributed by atoms with Crippen LogP contribution in [0, 0.1) is 23.7 Å². The van der Waals surface area contributed by atoms with Gasteiger partial charge in [0.05, 0.1) is 12.3 Å². The maximum Gasteiger partial charge on any atom is 0.333 e. The van der Waals surface area contributed by atoms with Crippen LogP contribution in [0.15, 0.2) is 63.3 Å². The smallest absolute Gasteiger partial charge is 0.326 e. The molecule has 2 N–H and O–H groups in total. The fourth-order valence-corrected chi connectivity index (χ4v) is 6.43. The maximum absolute atomic E-state index is 13.3. The Balaban J connectivity index is 1.35. The quantitative estimate of drug-likeness (QED) is 0.288. The lowest BCUT2D eigenvalue weighted by Crippen LogP contribution is -2.38. The van der Waals surface area contributed by atoms with Crippen molar-refractivity contribution in [2.75, 3.05) is 10.6 Å². The number of carbonyl (C=O) groups excluding carboxylic acids is 2. The fourth-order valence-electron chi connectivity index (χ4n) is 4.93. The number of anilines is 2. The van der Waals surface area contributed by atoms with Gasteiger partial charge in [0.15, 0.2) is 11.2 Å². The van der Waals surface area contributed by atoms with Gasteiger partial charge in [-0.2, -0.15) is 4.98 Å². The molecule has 13 heteroatoms. The zero-order chi connectivity index (χ0) is 31.2. The Morgan fingerprint density at radius 3 is 2.07 bits per heavy atom. The summed E-state index contributed by atoms with van der Waals surface area (Å²) in [5, 5.41) is 5.42. The third-order valence-electron chi connectivity index (χ3n) is 7.63. The van der Waals surface area contributed by atoms with Crippen LogP contribution in [0.4, 0.5) is 11.4 Å². The maximum atomic E-state index is 13.3. The summed E-state index contributed by atoms with van der Waals surface area (Å²) >= 11 is 0. The monoisotopic (exact) mass is 614 g/mol. The van der Waals surface area contributed by atoms with Gasteiger partial charge in [-0.25, -0.2) is 13.2 Å². The molecule has 2 aromatic heterocycles. The van der Waals surface area contributed by atoms with Crippen molar-refractivity contribution >= 4 is 44.2 Å². The summed E-state index contributed by atoms with van der Waals surface area (Å²) in [7, 11) is -1.25. The van der Waals surface area contributed by atoms with E-state index in [1.54, 1.807) is 48.5 Å². The van der Waals surface area contributed by atoms with Crippen molar-refractivity contribution in [2.45, 2.75) is 43.1 Å². The number of aryl methyl sites for hydroxylation is 1. The number of fused-ring (bicyclic) bond motifs is 1. The van der Waals surface area contributed by atoms with Gasteiger partial charge in [0.25, 0.3) is 5.56 Å². The summed E-state index contributed by atoms with van der Waals surface area (Å²) in [5.74, 6) is 5.32. The predicted molar refractivity (Wildman–Crippen MR) is 164 cm³/mol. The van der Waals surface area contributed by atoms with E-state index in [0.717, 1.165) is 34.8 Å². The van der Waals surface area contributed by atoms with E-state index in [2.05, 4.69) is 27.5 Å². The summed E-state index contributed by atoms with van der Waals surface area (Å²) in [6.45, 7) is -0.207. The molecule has 2 aromatic carbocycles. The van der Waals surface area contributed by atoms with Crippen LogP contribution in [0.1, 0.15) is 36.8 Å². The normalized spacial score (nSPS) is 14.6. The number of carbonyl (C=O) groups is 2. The van der Waals surface area contributed by atoms with Crippen LogP contribution in [-0.2, 0) is 45.8 Å². The molecule has 2 saturated carbocycles. The van der Waals surface area contributed by atoms with Crippen LogP contribution in [-0.4, -0.2) is 38.9 Å². The molecule has 0 saturated heterocycles. The predicted octanol–water partition coefficient (Wildman–Crippen LogP) is 2.16. The van der Waals surface area contributed by atoms with Crippen LogP contribution in [0.2, 0.25) is 0 Å². The highest BCUT2D eigenvalue weighted by molar-refractivity contribution is 7.90. The largest absolute Gasteiger partial charge is 0.333 e. The Morgan fingerprint density at radius 1 is 0.909 bits per heavy atom. The van der Waals surface area contributed by atoms with Crippen LogP contribution in [0.25, 0.3) is 11.2 Å². The van der Waals surface area contributed by atoms with Gasteiger partial charge in [-0.1, -0.05) is 42.2 Å². The highest BCUT2D eigenvalue weighted by atomic mass is 32.2. The molecular formula is C31H30N6O6S. The Hall–Kier alpha value is -4.96. The number of hydrogen-bond acceptors (Lipinski definition) is 7. The zero-order valence-corrected chi connectivity index (χ0v) is 25.0. The van der Waals surface area contributed by atoms with Gasteiger partial charge >= 0.3 is 5.69 Å². The van der Waals surface area contributed by atoms with Gasteiger partial charge in [0.2, 0.25) is 26.8 Å². The lowest BCUT2D eigenvalue weighted by Gasteiger charge is -2.10. The fraction of sp³-hybridized carbons (Fsp3) is 0.323. The first kappa shape index (κ1) is 29.1. The second-order valence-electron chi connectivity index (χ2n) is 11.2. The summed E-state index contributed by atoms with van der Waals surface area (Å²) in [6, 6.07) is 13.6. The molecule has 0 radical (unpaired) electrons. The summed E-state index contributed by atoms with van der Waals surface area (Å²) in [4.78, 5) is 55.3. The molecule has 0 bridgehead atoms. The number of nitrogens with one attached hydrogen (secondary N) is 2. The molecule has 2 aliphatic rings. The average molecular weight is 615 g/mol. The van der Waals surface area contributed by atoms with E-state index >= 15 is 0 Å². The molecule has 2 fully saturated rings. The third kappa shape index (κ3) is 5.93. The summed E-state index contributed by atoms with van der Waals surface area (Å²) in [6.07, 6.45) is 3.34. The summed E-state index contributed by atoms with van der Waals surface area (Å²) in [5.41, 5.74) is 0.480. The van der Waals surface area contributed by atoms with E-state index in [1.165, 1.54) is 18.7 Å². The van der Waals surface area contributed by atoms with Crippen molar-refractivity contribution in [3.8, 4) is 11.8 Å². The van der Waals surface area contributed by atoms with Gasteiger partial charge in [-0.3, -0.25) is 23.5 Å². The van der Waals surface area contributed by atoms with Crippen LogP contribution in [0.5, 0.6) is 0 Å². The van der Waals surface area contributed by atoms with Crippen LogP contribution >= 0.6 is 0 Å². The van der Waals surface area contributed by atoms with Crippen molar-refractivity contribution in [2.24, 2.45) is 25.9 Å². The topological polar surface area (TPSA) is 154 Å². The first-order valence-corrected chi connectivity index (χ1v) is 15.9. The second-order valence-corrected chi connectivity index (χ2v) is 13.1. The number of nitrogens with zero attached hydrogens (tertiary/aromatic N) is 4. The van der Waals surface area contributed by atoms with Gasteiger partial charge in [0.1, 0.15) is 0 Å². The number of rotatable bonds is 8. The lowest BCUT2D eigenvalue weighted by atomic mass is 10.1. The third-order valence-corrected chi connectivity index (χ3v) is 9.26. The number of sulfone groups is 1. The number of imidazole rings is 1. The molecule has 2 heterocycles. The number of hydrogen-bond donors (Lipinski definition) is 2. The number of aromatic nitrogens is 4.